The van der Waals surface area contributed by atoms with Crippen molar-refractivity contribution in [3.05, 3.63) is 56.3 Å². The van der Waals surface area contributed by atoms with Gasteiger partial charge in [-0.15, -0.1) is 11.3 Å². The van der Waals surface area contributed by atoms with E-state index in [0.717, 1.165) is 29.3 Å². The second kappa shape index (κ2) is 5.14. The third kappa shape index (κ3) is 2.72. The first-order chi connectivity index (χ1) is 9.86. The van der Waals surface area contributed by atoms with Crippen LogP contribution < -0.4 is 5.73 Å². The minimum atomic E-state index is -4.31. The molecule has 0 bridgehead atoms. The van der Waals surface area contributed by atoms with E-state index in [1.54, 1.807) is 18.3 Å². The fourth-order valence-corrected chi connectivity index (χ4v) is 4.14. The Balaban J connectivity index is 1.92. The number of benzene rings is 1. The van der Waals surface area contributed by atoms with E-state index in [9.17, 15) is 13.2 Å². The van der Waals surface area contributed by atoms with Gasteiger partial charge in [0, 0.05) is 9.75 Å². The van der Waals surface area contributed by atoms with E-state index < -0.39 is 11.7 Å². The molecule has 0 spiro atoms. The first-order valence-corrected chi connectivity index (χ1v) is 7.72. The van der Waals surface area contributed by atoms with Crippen LogP contribution in [0.2, 0.25) is 0 Å². The van der Waals surface area contributed by atoms with Crippen molar-refractivity contribution in [2.24, 2.45) is 5.73 Å². The number of halogens is 3. The maximum absolute atomic E-state index is 12.7. The molecule has 1 nitrogen and oxygen atoms in total. The van der Waals surface area contributed by atoms with Crippen LogP contribution in [-0.2, 0) is 19.0 Å². The second-order valence-electron chi connectivity index (χ2n) is 5.50. The Morgan fingerprint density at radius 1 is 1.19 bits per heavy atom. The molecule has 1 aliphatic rings. The van der Waals surface area contributed by atoms with Gasteiger partial charge in [0.15, 0.2) is 0 Å². The molecule has 1 unspecified atom stereocenters. The van der Waals surface area contributed by atoms with Gasteiger partial charge in [0.1, 0.15) is 0 Å². The summed E-state index contributed by atoms with van der Waals surface area (Å²) in [6.07, 6.45) is -0.934. The number of nitrogens with two attached hydrogens (primary N) is 1. The second-order valence-corrected chi connectivity index (χ2v) is 6.67. The molecule has 0 fully saturated rings. The predicted octanol–water partition coefficient (Wildman–Crippen LogP) is 4.61. The molecule has 1 aliphatic carbocycles. The maximum Gasteiger partial charge on any atom is 0.416 e. The summed E-state index contributed by atoms with van der Waals surface area (Å²) in [6.45, 7) is 1.69. The molecule has 2 N–H and O–H groups in total. The molecule has 1 atom stereocenters. The smallest absolute Gasteiger partial charge is 0.320 e. The topological polar surface area (TPSA) is 26.0 Å². The highest BCUT2D eigenvalue weighted by Gasteiger charge is 2.31. The van der Waals surface area contributed by atoms with Gasteiger partial charge in [0.2, 0.25) is 0 Å². The highest BCUT2D eigenvalue weighted by molar-refractivity contribution is 7.12. The van der Waals surface area contributed by atoms with Crippen LogP contribution in [-0.4, -0.2) is 0 Å². The van der Waals surface area contributed by atoms with E-state index in [4.69, 9.17) is 5.73 Å². The highest BCUT2D eigenvalue weighted by Crippen LogP contribution is 2.37. The predicted molar refractivity (Wildman–Crippen MR) is 78.6 cm³/mol. The molecule has 112 valence electrons. The number of alkyl halides is 3. The van der Waals surface area contributed by atoms with Crippen LogP contribution >= 0.6 is 11.3 Å². The van der Waals surface area contributed by atoms with E-state index in [0.29, 0.717) is 5.56 Å². The highest BCUT2D eigenvalue weighted by atomic mass is 32.1. The van der Waals surface area contributed by atoms with Crippen molar-refractivity contribution >= 4 is 11.3 Å². The molecule has 0 aliphatic heterocycles. The molecule has 2 aromatic rings. The Bertz CT molecular complexity index is 651. The fourth-order valence-electron chi connectivity index (χ4n) is 2.86. The molecule has 0 amide bonds. The molecular formula is C16H16F3NS. The fraction of sp³-hybridized carbons (Fsp3) is 0.375. The van der Waals surface area contributed by atoms with Crippen molar-refractivity contribution in [2.45, 2.75) is 38.4 Å². The lowest BCUT2D eigenvalue weighted by atomic mass is 9.98. The Hall–Kier alpha value is -1.33. The number of fused-ring (bicyclic) bond motifs is 1. The monoisotopic (exact) mass is 311 g/mol. The molecule has 1 aromatic heterocycles. The lowest BCUT2D eigenvalue weighted by Crippen LogP contribution is -2.13. The zero-order valence-electron chi connectivity index (χ0n) is 11.6. The summed E-state index contributed by atoms with van der Waals surface area (Å²) < 4.78 is 38.1. The van der Waals surface area contributed by atoms with E-state index in [-0.39, 0.29) is 6.04 Å². The van der Waals surface area contributed by atoms with Gasteiger partial charge in [0.05, 0.1) is 11.6 Å². The normalized spacial score (nSPS) is 16.0. The standard InChI is InChI=1S/C16H16F3NS/c1-9-7-11(16(17,18)19)5-6-12(9)15(20)14-8-10-3-2-4-13(10)21-14/h5-8,15H,2-4,20H2,1H3. The zero-order valence-corrected chi connectivity index (χ0v) is 12.4. The van der Waals surface area contributed by atoms with Gasteiger partial charge in [0.25, 0.3) is 0 Å². The molecule has 5 heteroatoms. The molecule has 1 heterocycles. The first kappa shape index (κ1) is 14.6. The van der Waals surface area contributed by atoms with Gasteiger partial charge in [-0.05, 0) is 61.1 Å². The maximum atomic E-state index is 12.7. The van der Waals surface area contributed by atoms with Crippen molar-refractivity contribution < 1.29 is 13.2 Å². The van der Waals surface area contributed by atoms with E-state index >= 15 is 0 Å². The Morgan fingerprint density at radius 2 is 1.95 bits per heavy atom. The third-order valence-corrected chi connectivity index (χ3v) is 5.32. The lowest BCUT2D eigenvalue weighted by Gasteiger charge is -2.15. The molecule has 0 saturated carbocycles. The van der Waals surface area contributed by atoms with Crippen molar-refractivity contribution in [3.63, 3.8) is 0 Å². The molecule has 0 saturated heterocycles. The van der Waals surface area contributed by atoms with Crippen LogP contribution in [0.1, 0.15) is 44.5 Å². The first-order valence-electron chi connectivity index (χ1n) is 6.91. The van der Waals surface area contributed by atoms with Crippen LogP contribution in [0, 0.1) is 6.92 Å². The van der Waals surface area contributed by atoms with E-state index in [2.05, 4.69) is 6.07 Å². The quantitative estimate of drug-likeness (QED) is 0.861. The summed E-state index contributed by atoms with van der Waals surface area (Å²) >= 11 is 1.70. The average molecular weight is 311 g/mol. The molecular weight excluding hydrogens is 295 g/mol. The largest absolute Gasteiger partial charge is 0.416 e. The van der Waals surface area contributed by atoms with E-state index in [1.165, 1.54) is 29.0 Å². The number of hydrogen-bond donors (Lipinski definition) is 1. The van der Waals surface area contributed by atoms with Crippen molar-refractivity contribution in [3.8, 4) is 0 Å². The minimum absolute atomic E-state index is 0.345. The van der Waals surface area contributed by atoms with Gasteiger partial charge in [-0.25, -0.2) is 0 Å². The summed E-state index contributed by atoms with van der Waals surface area (Å²) in [5, 5.41) is 0. The summed E-state index contributed by atoms with van der Waals surface area (Å²) in [4.78, 5) is 2.42. The van der Waals surface area contributed by atoms with Crippen molar-refractivity contribution in [1.82, 2.24) is 0 Å². The summed E-state index contributed by atoms with van der Waals surface area (Å²) in [5.74, 6) is 0. The van der Waals surface area contributed by atoms with Crippen molar-refractivity contribution in [2.75, 3.05) is 0 Å². The van der Waals surface area contributed by atoms with Gasteiger partial charge >= 0.3 is 6.18 Å². The minimum Gasteiger partial charge on any atom is -0.320 e. The lowest BCUT2D eigenvalue weighted by molar-refractivity contribution is -0.137. The summed E-state index contributed by atoms with van der Waals surface area (Å²) in [7, 11) is 0. The molecule has 21 heavy (non-hydrogen) atoms. The van der Waals surface area contributed by atoms with Crippen LogP contribution in [0.25, 0.3) is 0 Å². The molecule has 0 radical (unpaired) electrons. The number of hydrogen-bond acceptors (Lipinski definition) is 2. The van der Waals surface area contributed by atoms with E-state index in [1.807, 2.05) is 0 Å². The van der Waals surface area contributed by atoms with Crippen LogP contribution in [0.4, 0.5) is 13.2 Å². The van der Waals surface area contributed by atoms with Gasteiger partial charge < -0.3 is 5.73 Å². The third-order valence-electron chi connectivity index (χ3n) is 4.00. The SMILES string of the molecule is Cc1cc(C(F)(F)F)ccc1C(N)c1cc2c(s1)CCC2. The summed E-state index contributed by atoms with van der Waals surface area (Å²) in [5.41, 5.74) is 8.36. The van der Waals surface area contributed by atoms with Crippen LogP contribution in [0.3, 0.4) is 0 Å². The summed E-state index contributed by atoms with van der Waals surface area (Å²) in [6, 6.07) is 5.57. The number of thiophene rings is 1. The Morgan fingerprint density at radius 3 is 2.57 bits per heavy atom. The Labute approximate surface area is 125 Å². The van der Waals surface area contributed by atoms with Gasteiger partial charge in [-0.1, -0.05) is 6.07 Å². The van der Waals surface area contributed by atoms with Crippen LogP contribution in [0.15, 0.2) is 24.3 Å². The molecule has 1 aromatic carbocycles. The van der Waals surface area contributed by atoms with Gasteiger partial charge in [-0.3, -0.25) is 0 Å². The van der Waals surface area contributed by atoms with Crippen LogP contribution in [0.5, 0.6) is 0 Å². The van der Waals surface area contributed by atoms with Gasteiger partial charge in [-0.2, -0.15) is 13.2 Å². The Kier molecular flexibility index (Phi) is 3.58. The number of aryl methyl sites for hydroxylation is 3. The average Bonchev–Trinajstić information content (AvgIpc) is 2.97. The number of rotatable bonds is 2. The zero-order chi connectivity index (χ0) is 15.2. The van der Waals surface area contributed by atoms with Crippen molar-refractivity contribution in [1.29, 1.82) is 0 Å². The molecule has 3 rings (SSSR count).